The number of halogens is 3. The van der Waals surface area contributed by atoms with Crippen LogP contribution < -0.4 is 0 Å². The van der Waals surface area contributed by atoms with Gasteiger partial charge < -0.3 is 4.74 Å². The fourth-order valence-corrected chi connectivity index (χ4v) is 1.23. The number of ether oxygens (including phenoxy) is 1. The largest absolute Gasteiger partial charge is 0.471 e. The van der Waals surface area contributed by atoms with Crippen LogP contribution in [0.4, 0.5) is 13.2 Å². The molecule has 0 bridgehead atoms. The Bertz CT molecular complexity index is 392. The molecule has 1 aliphatic heterocycles. The molecular weight excluding hydrogens is 195 g/mol. The second-order valence-corrected chi connectivity index (χ2v) is 2.84. The Morgan fingerprint density at radius 1 is 1.36 bits per heavy atom. The van der Waals surface area contributed by atoms with Crippen molar-refractivity contribution in [2.45, 2.75) is 6.04 Å². The Hall–Kier alpha value is -1.52. The maximum absolute atomic E-state index is 13.1. The van der Waals surface area contributed by atoms with E-state index in [9.17, 15) is 13.2 Å². The zero-order valence-corrected chi connectivity index (χ0v) is 6.93. The van der Waals surface area contributed by atoms with Crippen LogP contribution in [-0.2, 0) is 4.74 Å². The van der Waals surface area contributed by atoms with Gasteiger partial charge in [-0.2, -0.15) is 0 Å². The Morgan fingerprint density at radius 2 is 2.14 bits per heavy atom. The van der Waals surface area contributed by atoms with E-state index in [-0.39, 0.29) is 12.2 Å². The zero-order valence-electron chi connectivity index (χ0n) is 6.93. The predicted octanol–water partition coefficient (Wildman–Crippen LogP) is 2.08. The van der Waals surface area contributed by atoms with Crippen LogP contribution in [0.15, 0.2) is 17.1 Å². The van der Waals surface area contributed by atoms with E-state index in [2.05, 4.69) is 16.1 Å². The summed E-state index contributed by atoms with van der Waals surface area (Å²) in [5.74, 6) is -3.14. The van der Waals surface area contributed by atoms with Gasteiger partial charge >= 0.3 is 0 Å². The molecule has 0 aliphatic carbocycles. The van der Waals surface area contributed by atoms with Crippen molar-refractivity contribution in [2.24, 2.45) is 4.99 Å². The monoisotopic (exact) mass is 200 g/mol. The number of hydrogen-bond donors (Lipinski definition) is 0. The van der Waals surface area contributed by atoms with Gasteiger partial charge in [-0.25, -0.2) is 18.2 Å². The van der Waals surface area contributed by atoms with E-state index in [4.69, 9.17) is 0 Å². The second-order valence-electron chi connectivity index (χ2n) is 2.84. The first kappa shape index (κ1) is 9.05. The molecule has 1 aliphatic rings. The molecular formula is C9H5F3NO. The van der Waals surface area contributed by atoms with Crippen molar-refractivity contribution in [3.8, 4) is 0 Å². The molecule has 1 radical (unpaired) electrons. The van der Waals surface area contributed by atoms with Gasteiger partial charge in [0.1, 0.15) is 18.5 Å². The van der Waals surface area contributed by atoms with Crippen LogP contribution in [0.25, 0.3) is 0 Å². The van der Waals surface area contributed by atoms with Gasteiger partial charge in [0.05, 0.1) is 0 Å². The molecule has 2 nitrogen and oxygen atoms in total. The van der Waals surface area contributed by atoms with Crippen molar-refractivity contribution < 1.29 is 17.9 Å². The Kier molecular flexibility index (Phi) is 2.15. The predicted molar refractivity (Wildman–Crippen MR) is 42.4 cm³/mol. The minimum atomic E-state index is -1.22. The molecule has 0 saturated heterocycles. The highest BCUT2D eigenvalue weighted by molar-refractivity contribution is 5.50. The highest BCUT2D eigenvalue weighted by atomic mass is 19.2. The van der Waals surface area contributed by atoms with Gasteiger partial charge in [-0.15, -0.1) is 0 Å². The number of hydrogen-bond acceptors (Lipinski definition) is 2. The molecule has 1 heterocycles. The van der Waals surface area contributed by atoms with Crippen LogP contribution in [-0.4, -0.2) is 13.0 Å². The number of nitrogens with zero attached hydrogens (tertiary/aromatic N) is 1. The summed E-state index contributed by atoms with van der Waals surface area (Å²) in [5, 5.41) is 0. The summed E-state index contributed by atoms with van der Waals surface area (Å²) < 4.78 is 43.3. The molecule has 0 fully saturated rings. The maximum atomic E-state index is 13.1. The summed E-state index contributed by atoms with van der Waals surface area (Å²) in [7, 11) is 0. The Morgan fingerprint density at radius 3 is 2.79 bits per heavy atom. The van der Waals surface area contributed by atoms with E-state index in [1.165, 1.54) is 0 Å². The highest BCUT2D eigenvalue weighted by Gasteiger charge is 2.22. The first-order chi connectivity index (χ1) is 6.68. The molecule has 0 N–H and O–H groups in total. The minimum Gasteiger partial charge on any atom is -0.471 e. The zero-order chi connectivity index (χ0) is 10.1. The van der Waals surface area contributed by atoms with Crippen molar-refractivity contribution in [1.29, 1.82) is 0 Å². The molecule has 5 heteroatoms. The first-order valence-corrected chi connectivity index (χ1v) is 3.89. The van der Waals surface area contributed by atoms with Gasteiger partial charge in [0.2, 0.25) is 0 Å². The topological polar surface area (TPSA) is 21.6 Å². The SMILES string of the molecule is Fc1cc(F)c(F)c(C2CO[C]=N2)c1. The molecule has 0 amide bonds. The van der Waals surface area contributed by atoms with Crippen LogP contribution in [0.1, 0.15) is 11.6 Å². The second kappa shape index (κ2) is 3.32. The average Bonchev–Trinajstić information content (AvgIpc) is 2.63. The van der Waals surface area contributed by atoms with Crippen LogP contribution >= 0.6 is 0 Å². The third-order valence-electron chi connectivity index (χ3n) is 1.89. The van der Waals surface area contributed by atoms with Crippen molar-refractivity contribution >= 4 is 6.40 Å². The third kappa shape index (κ3) is 1.45. The number of rotatable bonds is 1. The van der Waals surface area contributed by atoms with Crippen molar-refractivity contribution in [3.05, 3.63) is 35.1 Å². The summed E-state index contributed by atoms with van der Waals surface area (Å²) >= 11 is 0. The van der Waals surface area contributed by atoms with Gasteiger partial charge in [0, 0.05) is 11.6 Å². The van der Waals surface area contributed by atoms with Crippen LogP contribution in [0.2, 0.25) is 0 Å². The standard InChI is InChI=1S/C9H5F3NO/c10-5-1-6(8-3-14-4-13-8)9(12)7(11)2-5/h1-2,8H,3H2. The number of benzene rings is 1. The molecule has 0 saturated carbocycles. The molecule has 1 unspecified atom stereocenters. The van der Waals surface area contributed by atoms with Gasteiger partial charge in [0.15, 0.2) is 11.6 Å². The summed E-state index contributed by atoms with van der Waals surface area (Å²) in [4.78, 5) is 3.60. The van der Waals surface area contributed by atoms with E-state index in [0.29, 0.717) is 6.07 Å². The summed E-state index contributed by atoms with van der Waals surface area (Å²) in [6.45, 7) is 0.0554. The van der Waals surface area contributed by atoms with Gasteiger partial charge in [0.25, 0.3) is 6.40 Å². The molecule has 1 aromatic rings. The Balaban J connectivity index is 2.46. The van der Waals surface area contributed by atoms with Crippen LogP contribution in [0.5, 0.6) is 0 Å². The minimum absolute atomic E-state index is 0.0554. The lowest BCUT2D eigenvalue weighted by Crippen LogP contribution is -2.03. The van der Waals surface area contributed by atoms with E-state index >= 15 is 0 Å². The summed E-state index contributed by atoms with van der Waals surface area (Å²) in [6.07, 6.45) is 2.15. The quantitative estimate of drug-likeness (QED) is 0.636. The molecule has 2 rings (SSSR count). The van der Waals surface area contributed by atoms with E-state index in [1.807, 2.05) is 0 Å². The average molecular weight is 200 g/mol. The molecule has 1 aromatic carbocycles. The third-order valence-corrected chi connectivity index (χ3v) is 1.89. The summed E-state index contributed by atoms with van der Waals surface area (Å²) in [6, 6.07) is 0.686. The van der Waals surface area contributed by atoms with Gasteiger partial charge in [-0.1, -0.05) is 0 Å². The Labute approximate surface area is 78.0 Å². The van der Waals surface area contributed by atoms with Crippen LogP contribution in [0.3, 0.4) is 0 Å². The van der Waals surface area contributed by atoms with Gasteiger partial charge in [-0.05, 0) is 6.07 Å². The van der Waals surface area contributed by atoms with Crippen molar-refractivity contribution in [3.63, 3.8) is 0 Å². The van der Waals surface area contributed by atoms with Gasteiger partial charge in [-0.3, -0.25) is 0 Å². The lowest BCUT2D eigenvalue weighted by atomic mass is 10.1. The fraction of sp³-hybridized carbons (Fsp3) is 0.222. The molecule has 0 aromatic heterocycles. The van der Waals surface area contributed by atoms with E-state index in [1.54, 1.807) is 0 Å². The number of aliphatic imine (C=N–C) groups is 1. The normalized spacial score (nSPS) is 19.8. The highest BCUT2D eigenvalue weighted by Crippen LogP contribution is 2.25. The lowest BCUT2D eigenvalue weighted by molar-refractivity contribution is 0.325. The molecule has 14 heavy (non-hydrogen) atoms. The lowest BCUT2D eigenvalue weighted by Gasteiger charge is -2.07. The van der Waals surface area contributed by atoms with E-state index in [0.717, 1.165) is 6.07 Å². The van der Waals surface area contributed by atoms with Crippen LogP contribution in [0, 0.1) is 17.5 Å². The molecule has 0 spiro atoms. The maximum Gasteiger partial charge on any atom is 0.273 e. The van der Waals surface area contributed by atoms with Crippen molar-refractivity contribution in [2.75, 3.05) is 6.61 Å². The summed E-state index contributed by atoms with van der Waals surface area (Å²) in [5.41, 5.74) is -0.146. The molecule has 1 atom stereocenters. The van der Waals surface area contributed by atoms with Crippen molar-refractivity contribution in [1.82, 2.24) is 0 Å². The fourth-order valence-electron chi connectivity index (χ4n) is 1.23. The molecule has 73 valence electrons. The smallest absolute Gasteiger partial charge is 0.273 e. The first-order valence-electron chi connectivity index (χ1n) is 3.89. The van der Waals surface area contributed by atoms with E-state index < -0.39 is 23.5 Å².